The van der Waals surface area contributed by atoms with Crippen LogP contribution in [0.3, 0.4) is 0 Å². The van der Waals surface area contributed by atoms with Crippen LogP contribution in [0.2, 0.25) is 0 Å². The maximum Gasteiger partial charge on any atom is 0.319 e. The first kappa shape index (κ1) is 23.5. The molecule has 34 heavy (non-hydrogen) atoms. The molecule has 0 aromatic heterocycles. The Morgan fingerprint density at radius 1 is 0.971 bits per heavy atom. The molecule has 7 nitrogen and oxygen atoms in total. The monoisotopic (exact) mass is 477 g/mol. The number of carbonyl (C=O) groups is 2. The Bertz CT molecular complexity index is 1190. The normalized spacial score (nSPS) is 12.3. The number of aryl methyl sites for hydroxylation is 1. The Morgan fingerprint density at radius 3 is 2.44 bits per heavy atom. The van der Waals surface area contributed by atoms with E-state index in [-0.39, 0.29) is 11.9 Å². The highest BCUT2D eigenvalue weighted by Gasteiger charge is 2.24. The second-order valence-corrected chi connectivity index (χ2v) is 8.93. The van der Waals surface area contributed by atoms with E-state index in [9.17, 15) is 9.59 Å². The van der Waals surface area contributed by atoms with Gasteiger partial charge in [0.25, 0.3) is 5.91 Å². The standard InChI is InChI=1S/C26H27N3O4S/c1-29-22-15-18(10-11-24(22)34-23-9-5-4-8-21(23)25(29)30)28-26(31)27-12-6-7-17-13-19(32-2)16-20(14-17)33-3/h4-5,8-11,13-16H,6-7,12H2,1-3H3,(H2,27,28,31). The number of methoxy groups -OCH3 is 2. The number of ether oxygens (including phenoxy) is 2. The van der Waals surface area contributed by atoms with Crippen molar-refractivity contribution in [2.24, 2.45) is 0 Å². The quantitative estimate of drug-likeness (QED) is 0.457. The first-order valence-electron chi connectivity index (χ1n) is 10.9. The number of nitrogens with one attached hydrogen (secondary N) is 2. The number of benzene rings is 3. The molecule has 8 heteroatoms. The first-order valence-corrected chi connectivity index (χ1v) is 11.8. The minimum atomic E-state index is -0.290. The number of rotatable bonds is 7. The summed E-state index contributed by atoms with van der Waals surface area (Å²) in [6, 6.07) is 18.6. The molecule has 0 saturated heterocycles. The summed E-state index contributed by atoms with van der Waals surface area (Å²) in [5.74, 6) is 1.42. The zero-order chi connectivity index (χ0) is 24.1. The van der Waals surface area contributed by atoms with Crippen molar-refractivity contribution in [1.29, 1.82) is 0 Å². The lowest BCUT2D eigenvalue weighted by Crippen LogP contribution is -2.30. The summed E-state index contributed by atoms with van der Waals surface area (Å²) in [6.07, 6.45) is 1.54. The number of hydrogen-bond donors (Lipinski definition) is 2. The molecule has 0 fully saturated rings. The molecular weight excluding hydrogens is 450 g/mol. The van der Waals surface area contributed by atoms with E-state index in [0.29, 0.717) is 17.8 Å². The van der Waals surface area contributed by atoms with Crippen molar-refractivity contribution in [2.75, 3.05) is 38.0 Å². The van der Waals surface area contributed by atoms with Crippen LogP contribution in [0.5, 0.6) is 11.5 Å². The van der Waals surface area contributed by atoms with Crippen LogP contribution in [-0.2, 0) is 6.42 Å². The predicted octanol–water partition coefficient (Wildman–Crippen LogP) is 5.20. The van der Waals surface area contributed by atoms with Gasteiger partial charge in [0.2, 0.25) is 0 Å². The van der Waals surface area contributed by atoms with Gasteiger partial charge >= 0.3 is 6.03 Å². The number of fused-ring (bicyclic) bond motifs is 2. The lowest BCUT2D eigenvalue weighted by molar-refractivity contribution is 0.0990. The molecule has 1 aliphatic heterocycles. The zero-order valence-corrected chi connectivity index (χ0v) is 20.2. The third kappa shape index (κ3) is 5.28. The minimum absolute atomic E-state index is 0.0716. The van der Waals surface area contributed by atoms with Gasteiger partial charge in [0.05, 0.1) is 25.5 Å². The van der Waals surface area contributed by atoms with E-state index >= 15 is 0 Å². The molecule has 0 saturated carbocycles. The number of amides is 3. The predicted molar refractivity (Wildman–Crippen MR) is 135 cm³/mol. The topological polar surface area (TPSA) is 79.9 Å². The van der Waals surface area contributed by atoms with Gasteiger partial charge in [0.15, 0.2) is 0 Å². The molecule has 4 rings (SSSR count). The van der Waals surface area contributed by atoms with Crippen LogP contribution in [0.1, 0.15) is 22.3 Å². The molecule has 0 spiro atoms. The van der Waals surface area contributed by atoms with Crippen LogP contribution >= 0.6 is 11.8 Å². The maximum atomic E-state index is 12.9. The van der Waals surface area contributed by atoms with Crippen molar-refractivity contribution in [3.63, 3.8) is 0 Å². The smallest absolute Gasteiger partial charge is 0.319 e. The van der Waals surface area contributed by atoms with Crippen LogP contribution in [0, 0.1) is 0 Å². The van der Waals surface area contributed by atoms with Crippen molar-refractivity contribution >= 4 is 35.1 Å². The van der Waals surface area contributed by atoms with E-state index in [0.717, 1.165) is 45.4 Å². The fraction of sp³-hybridized carbons (Fsp3) is 0.231. The lowest BCUT2D eigenvalue weighted by Gasteiger charge is -2.18. The Balaban J connectivity index is 1.34. The Hall–Kier alpha value is -3.65. The van der Waals surface area contributed by atoms with Crippen molar-refractivity contribution in [1.82, 2.24) is 5.32 Å². The van der Waals surface area contributed by atoms with Crippen molar-refractivity contribution < 1.29 is 19.1 Å². The molecular formula is C26H27N3O4S. The SMILES string of the molecule is COc1cc(CCCNC(=O)Nc2ccc3c(c2)N(C)C(=O)c2ccccc2S3)cc(OC)c1. The Kier molecular flexibility index (Phi) is 7.27. The van der Waals surface area contributed by atoms with Gasteiger partial charge in [-0.25, -0.2) is 4.79 Å². The molecule has 3 amide bonds. The van der Waals surface area contributed by atoms with Gasteiger partial charge in [0, 0.05) is 35.1 Å². The number of anilines is 2. The van der Waals surface area contributed by atoms with Crippen molar-refractivity contribution in [2.45, 2.75) is 22.6 Å². The molecule has 2 N–H and O–H groups in total. The lowest BCUT2D eigenvalue weighted by atomic mass is 10.1. The van der Waals surface area contributed by atoms with E-state index in [2.05, 4.69) is 10.6 Å². The summed E-state index contributed by atoms with van der Waals surface area (Å²) >= 11 is 1.55. The Labute approximate surface area is 203 Å². The summed E-state index contributed by atoms with van der Waals surface area (Å²) in [5, 5.41) is 5.75. The van der Waals surface area contributed by atoms with Crippen molar-refractivity contribution in [3.8, 4) is 11.5 Å². The molecule has 0 radical (unpaired) electrons. The molecule has 1 heterocycles. The summed E-state index contributed by atoms with van der Waals surface area (Å²) in [4.78, 5) is 28.8. The largest absolute Gasteiger partial charge is 0.497 e. The Morgan fingerprint density at radius 2 is 1.71 bits per heavy atom. The molecule has 0 aliphatic carbocycles. The third-order valence-electron chi connectivity index (χ3n) is 5.56. The fourth-order valence-electron chi connectivity index (χ4n) is 3.76. The molecule has 3 aromatic rings. The van der Waals surface area contributed by atoms with Crippen LogP contribution in [0.25, 0.3) is 0 Å². The molecule has 0 unspecified atom stereocenters. The maximum absolute atomic E-state index is 12.9. The van der Waals surface area contributed by atoms with Gasteiger partial charge in [-0.2, -0.15) is 0 Å². The number of urea groups is 1. The van der Waals surface area contributed by atoms with Crippen LogP contribution in [-0.4, -0.2) is 39.8 Å². The second-order valence-electron chi connectivity index (χ2n) is 7.85. The minimum Gasteiger partial charge on any atom is -0.497 e. The number of carbonyl (C=O) groups excluding carboxylic acids is 2. The van der Waals surface area contributed by atoms with Crippen molar-refractivity contribution in [3.05, 3.63) is 71.8 Å². The molecule has 3 aromatic carbocycles. The summed E-state index contributed by atoms with van der Waals surface area (Å²) in [6.45, 7) is 0.514. The second kappa shape index (κ2) is 10.5. The summed E-state index contributed by atoms with van der Waals surface area (Å²) in [7, 11) is 5.00. The number of nitrogens with zero attached hydrogens (tertiary/aromatic N) is 1. The van der Waals surface area contributed by atoms with E-state index < -0.39 is 0 Å². The average Bonchev–Trinajstić information content (AvgIpc) is 2.96. The molecule has 0 bridgehead atoms. The van der Waals surface area contributed by atoms with Crippen LogP contribution in [0.15, 0.2) is 70.5 Å². The average molecular weight is 478 g/mol. The van der Waals surface area contributed by atoms with E-state index in [1.807, 2.05) is 60.7 Å². The van der Waals surface area contributed by atoms with Crippen LogP contribution < -0.4 is 25.0 Å². The molecule has 1 aliphatic rings. The van der Waals surface area contributed by atoms with Gasteiger partial charge < -0.3 is 25.0 Å². The van der Waals surface area contributed by atoms with E-state index in [1.165, 1.54) is 0 Å². The van der Waals surface area contributed by atoms with Gasteiger partial charge in [-0.05, 0) is 60.9 Å². The summed E-state index contributed by atoms with van der Waals surface area (Å²) < 4.78 is 10.6. The highest BCUT2D eigenvalue weighted by Crippen LogP contribution is 2.41. The fourth-order valence-corrected chi connectivity index (χ4v) is 4.85. The zero-order valence-electron chi connectivity index (χ0n) is 19.4. The molecule has 176 valence electrons. The van der Waals surface area contributed by atoms with Gasteiger partial charge in [-0.1, -0.05) is 23.9 Å². The highest BCUT2D eigenvalue weighted by molar-refractivity contribution is 7.99. The first-order chi connectivity index (χ1) is 16.5. The van der Waals surface area contributed by atoms with E-state index in [4.69, 9.17) is 9.47 Å². The van der Waals surface area contributed by atoms with E-state index in [1.54, 1.807) is 37.9 Å². The number of hydrogen-bond acceptors (Lipinski definition) is 5. The highest BCUT2D eigenvalue weighted by atomic mass is 32.2. The van der Waals surface area contributed by atoms with Crippen LogP contribution in [0.4, 0.5) is 16.2 Å². The summed E-state index contributed by atoms with van der Waals surface area (Å²) in [5.41, 5.74) is 3.14. The van der Waals surface area contributed by atoms with Gasteiger partial charge in [-0.3, -0.25) is 4.79 Å². The molecule has 0 atom stereocenters. The third-order valence-corrected chi connectivity index (χ3v) is 6.70. The van der Waals surface area contributed by atoms with Gasteiger partial charge in [-0.15, -0.1) is 0 Å². The van der Waals surface area contributed by atoms with Gasteiger partial charge in [0.1, 0.15) is 11.5 Å².